The number of hydrogen-bond donors (Lipinski definition) is 2. The lowest BCUT2D eigenvalue weighted by molar-refractivity contribution is -0.137. The quantitative estimate of drug-likeness (QED) is 0.872. The SMILES string of the molecule is CCCC(N)CNc1ncc(Br)cc1C(F)(F)F. The molecule has 0 aliphatic heterocycles. The Kier molecular flexibility index (Phi) is 5.40. The second-order valence-electron chi connectivity index (χ2n) is 3.98. The van der Waals surface area contributed by atoms with E-state index in [0.29, 0.717) is 4.47 Å². The predicted molar refractivity (Wildman–Crippen MR) is 68.3 cm³/mol. The van der Waals surface area contributed by atoms with E-state index in [1.54, 1.807) is 0 Å². The lowest BCUT2D eigenvalue weighted by Crippen LogP contribution is -2.29. The normalized spacial score (nSPS) is 13.4. The highest BCUT2D eigenvalue weighted by molar-refractivity contribution is 9.10. The molecule has 1 atom stereocenters. The number of nitrogens with zero attached hydrogens (tertiary/aromatic N) is 1. The molecule has 1 heterocycles. The zero-order chi connectivity index (χ0) is 13.8. The number of aromatic nitrogens is 1. The first kappa shape index (κ1) is 15.2. The van der Waals surface area contributed by atoms with E-state index in [4.69, 9.17) is 5.73 Å². The molecule has 3 N–H and O–H groups in total. The molecule has 0 spiro atoms. The lowest BCUT2D eigenvalue weighted by atomic mass is 10.2. The van der Waals surface area contributed by atoms with Crippen molar-refractivity contribution >= 4 is 21.7 Å². The van der Waals surface area contributed by atoms with Crippen LogP contribution in [0, 0.1) is 0 Å². The van der Waals surface area contributed by atoms with Crippen molar-refractivity contribution in [3.05, 3.63) is 22.3 Å². The Hall–Kier alpha value is -0.820. The Morgan fingerprint density at radius 1 is 1.50 bits per heavy atom. The molecule has 7 heteroatoms. The van der Waals surface area contributed by atoms with Crippen LogP contribution < -0.4 is 11.1 Å². The molecule has 3 nitrogen and oxygen atoms in total. The van der Waals surface area contributed by atoms with Crippen molar-refractivity contribution in [1.82, 2.24) is 4.98 Å². The topological polar surface area (TPSA) is 50.9 Å². The number of nitrogens with one attached hydrogen (secondary N) is 1. The summed E-state index contributed by atoms with van der Waals surface area (Å²) in [4.78, 5) is 3.74. The average Bonchev–Trinajstić information content (AvgIpc) is 2.26. The van der Waals surface area contributed by atoms with E-state index in [0.717, 1.165) is 18.9 Å². The Balaban J connectivity index is 2.82. The van der Waals surface area contributed by atoms with Gasteiger partial charge >= 0.3 is 6.18 Å². The molecule has 1 rings (SSSR count). The molecule has 0 saturated heterocycles. The summed E-state index contributed by atoms with van der Waals surface area (Å²) in [6.07, 6.45) is -1.47. The molecule has 0 fully saturated rings. The maximum atomic E-state index is 12.8. The maximum absolute atomic E-state index is 12.8. The number of pyridine rings is 1. The van der Waals surface area contributed by atoms with E-state index in [2.05, 4.69) is 26.2 Å². The fourth-order valence-electron chi connectivity index (χ4n) is 1.50. The Morgan fingerprint density at radius 3 is 2.72 bits per heavy atom. The largest absolute Gasteiger partial charge is 0.419 e. The second kappa shape index (κ2) is 6.38. The van der Waals surface area contributed by atoms with Crippen LogP contribution in [0.2, 0.25) is 0 Å². The van der Waals surface area contributed by atoms with Crippen molar-refractivity contribution in [1.29, 1.82) is 0 Å². The molecule has 0 radical (unpaired) electrons. The van der Waals surface area contributed by atoms with E-state index in [1.165, 1.54) is 6.20 Å². The minimum absolute atomic E-state index is 0.179. The first-order valence-electron chi connectivity index (χ1n) is 5.56. The summed E-state index contributed by atoms with van der Waals surface area (Å²) in [5, 5.41) is 2.65. The molecular formula is C11H15BrF3N3. The summed E-state index contributed by atoms with van der Waals surface area (Å²) in [5.74, 6) is -0.183. The summed E-state index contributed by atoms with van der Waals surface area (Å²) in [6, 6.07) is 0.822. The summed E-state index contributed by atoms with van der Waals surface area (Å²) in [7, 11) is 0. The van der Waals surface area contributed by atoms with Gasteiger partial charge in [0, 0.05) is 23.3 Å². The molecule has 0 aliphatic rings. The first-order chi connectivity index (χ1) is 8.34. The molecule has 18 heavy (non-hydrogen) atoms. The van der Waals surface area contributed by atoms with Gasteiger partial charge in [-0.3, -0.25) is 0 Å². The number of alkyl halides is 3. The smallest absolute Gasteiger partial charge is 0.368 e. The zero-order valence-corrected chi connectivity index (χ0v) is 11.5. The number of hydrogen-bond acceptors (Lipinski definition) is 3. The van der Waals surface area contributed by atoms with E-state index in [1.807, 2.05) is 6.92 Å². The van der Waals surface area contributed by atoms with Gasteiger partial charge in [0.15, 0.2) is 0 Å². The highest BCUT2D eigenvalue weighted by Crippen LogP contribution is 2.35. The molecular weight excluding hydrogens is 311 g/mol. The Bertz CT molecular complexity index is 396. The van der Waals surface area contributed by atoms with Gasteiger partial charge in [-0.05, 0) is 28.4 Å². The monoisotopic (exact) mass is 325 g/mol. The molecule has 0 saturated carbocycles. The standard InChI is InChI=1S/C11H15BrF3N3/c1-2-3-8(16)6-18-10-9(11(13,14)15)4-7(12)5-17-10/h4-5,8H,2-3,6,16H2,1H3,(H,17,18). The molecule has 0 aromatic carbocycles. The molecule has 1 aromatic rings. The zero-order valence-electron chi connectivity index (χ0n) is 9.89. The van der Waals surface area contributed by atoms with Crippen LogP contribution in [0.3, 0.4) is 0 Å². The van der Waals surface area contributed by atoms with Gasteiger partial charge in [-0.2, -0.15) is 13.2 Å². The molecule has 0 bridgehead atoms. The number of nitrogens with two attached hydrogens (primary N) is 1. The van der Waals surface area contributed by atoms with Crippen LogP contribution >= 0.6 is 15.9 Å². The molecule has 0 amide bonds. The van der Waals surface area contributed by atoms with Crippen molar-refractivity contribution in [3.8, 4) is 0 Å². The van der Waals surface area contributed by atoms with E-state index < -0.39 is 11.7 Å². The number of rotatable bonds is 5. The van der Waals surface area contributed by atoms with Crippen LogP contribution in [0.25, 0.3) is 0 Å². The predicted octanol–water partition coefficient (Wildman–Crippen LogP) is 3.40. The summed E-state index contributed by atoms with van der Waals surface area (Å²) < 4.78 is 38.6. The highest BCUT2D eigenvalue weighted by atomic mass is 79.9. The summed E-state index contributed by atoms with van der Waals surface area (Å²) in [5.41, 5.74) is 4.95. The van der Waals surface area contributed by atoms with Gasteiger partial charge in [0.1, 0.15) is 5.82 Å². The third kappa shape index (κ3) is 4.45. The van der Waals surface area contributed by atoms with Gasteiger partial charge in [0.2, 0.25) is 0 Å². The van der Waals surface area contributed by atoms with Crippen molar-refractivity contribution in [2.75, 3.05) is 11.9 Å². The van der Waals surface area contributed by atoms with Gasteiger partial charge < -0.3 is 11.1 Å². The fourth-order valence-corrected chi connectivity index (χ4v) is 1.83. The third-order valence-corrected chi connectivity index (χ3v) is 2.78. The minimum atomic E-state index is -4.44. The Morgan fingerprint density at radius 2 is 2.17 bits per heavy atom. The minimum Gasteiger partial charge on any atom is -0.368 e. The van der Waals surface area contributed by atoms with Crippen molar-refractivity contribution in [2.24, 2.45) is 5.73 Å². The van der Waals surface area contributed by atoms with E-state index >= 15 is 0 Å². The van der Waals surface area contributed by atoms with Crippen LogP contribution in [0.15, 0.2) is 16.7 Å². The van der Waals surface area contributed by atoms with Gasteiger partial charge in [-0.15, -0.1) is 0 Å². The fraction of sp³-hybridized carbons (Fsp3) is 0.545. The average molecular weight is 326 g/mol. The van der Waals surface area contributed by atoms with Gasteiger partial charge in [0.25, 0.3) is 0 Å². The van der Waals surface area contributed by atoms with Crippen LogP contribution in [-0.2, 0) is 6.18 Å². The second-order valence-corrected chi connectivity index (χ2v) is 4.89. The van der Waals surface area contributed by atoms with Gasteiger partial charge in [-0.25, -0.2) is 4.98 Å². The van der Waals surface area contributed by atoms with Crippen molar-refractivity contribution in [2.45, 2.75) is 32.0 Å². The van der Waals surface area contributed by atoms with Crippen LogP contribution in [-0.4, -0.2) is 17.6 Å². The van der Waals surface area contributed by atoms with Gasteiger partial charge in [0.05, 0.1) is 5.56 Å². The van der Waals surface area contributed by atoms with E-state index in [-0.39, 0.29) is 18.4 Å². The number of anilines is 1. The van der Waals surface area contributed by atoms with Crippen LogP contribution in [0.4, 0.5) is 19.0 Å². The summed E-state index contributed by atoms with van der Waals surface area (Å²) in [6.45, 7) is 2.24. The van der Waals surface area contributed by atoms with Gasteiger partial charge in [-0.1, -0.05) is 13.3 Å². The Labute approximate surface area is 112 Å². The first-order valence-corrected chi connectivity index (χ1v) is 6.36. The maximum Gasteiger partial charge on any atom is 0.419 e. The molecule has 1 unspecified atom stereocenters. The van der Waals surface area contributed by atoms with Crippen molar-refractivity contribution in [3.63, 3.8) is 0 Å². The third-order valence-electron chi connectivity index (χ3n) is 2.35. The molecule has 102 valence electrons. The molecule has 1 aromatic heterocycles. The van der Waals surface area contributed by atoms with Crippen LogP contribution in [0.5, 0.6) is 0 Å². The van der Waals surface area contributed by atoms with E-state index in [9.17, 15) is 13.2 Å². The molecule has 0 aliphatic carbocycles. The van der Waals surface area contributed by atoms with Crippen molar-refractivity contribution < 1.29 is 13.2 Å². The highest BCUT2D eigenvalue weighted by Gasteiger charge is 2.34. The lowest BCUT2D eigenvalue weighted by Gasteiger charge is -2.16. The van der Waals surface area contributed by atoms with Crippen LogP contribution in [0.1, 0.15) is 25.3 Å². The summed E-state index contributed by atoms with van der Waals surface area (Å²) >= 11 is 2.98. The number of halogens is 4.